The standard InChI is InChI=1S/C48H68N12O2/c1-11-15-19-32(13-3)25-26-34-21-17-23-36(27-34)53-55-40-42(47(5,6)7)57-59(44(40)49)38-29-39(52-31-51-38)60-45(50)41(43(58-60)48(8,9)10)56-54-37-24-18-22-35(28-37)46(61)62-30-33(14-4)20-16-12-2/h17-18,21-24,27-29,31-33H,11-16,19-20,25-26,30,49-50H2,1-10H3/b55-53+,56-54+. The number of carbonyl (C=O) groups is 1. The van der Waals surface area contributed by atoms with Gasteiger partial charge in [-0.2, -0.15) is 29.8 Å². The van der Waals surface area contributed by atoms with Crippen LogP contribution in [0.2, 0.25) is 0 Å². The van der Waals surface area contributed by atoms with Gasteiger partial charge in [0.15, 0.2) is 34.6 Å². The molecule has 14 nitrogen and oxygen atoms in total. The minimum absolute atomic E-state index is 0.225. The van der Waals surface area contributed by atoms with Crippen LogP contribution in [0.4, 0.5) is 34.4 Å². The lowest BCUT2D eigenvalue weighted by atomic mass is 9.91. The second kappa shape index (κ2) is 21.3. The Morgan fingerprint density at radius 3 is 1.71 bits per heavy atom. The third-order valence-corrected chi connectivity index (χ3v) is 11.2. The molecule has 2 aromatic carbocycles. The highest BCUT2D eigenvalue weighted by Crippen LogP contribution is 2.40. The number of hydrogen-bond donors (Lipinski definition) is 2. The van der Waals surface area contributed by atoms with E-state index in [-0.39, 0.29) is 17.6 Å². The summed E-state index contributed by atoms with van der Waals surface area (Å²) in [6.45, 7) is 21.4. The van der Waals surface area contributed by atoms with Crippen molar-refractivity contribution in [3.8, 4) is 11.6 Å². The van der Waals surface area contributed by atoms with Gasteiger partial charge in [-0.3, -0.25) is 0 Å². The van der Waals surface area contributed by atoms with Gasteiger partial charge < -0.3 is 16.2 Å². The molecule has 0 amide bonds. The first-order valence-corrected chi connectivity index (χ1v) is 22.4. The Labute approximate surface area is 368 Å². The van der Waals surface area contributed by atoms with Gasteiger partial charge >= 0.3 is 5.97 Å². The fourth-order valence-electron chi connectivity index (χ4n) is 7.25. The Kier molecular flexibility index (Phi) is 16.3. The number of benzene rings is 2. The van der Waals surface area contributed by atoms with E-state index in [1.165, 1.54) is 42.3 Å². The van der Waals surface area contributed by atoms with Gasteiger partial charge in [-0.25, -0.2) is 14.8 Å². The van der Waals surface area contributed by atoms with Crippen LogP contribution in [0.15, 0.2) is 81.4 Å². The minimum atomic E-state index is -0.469. The lowest BCUT2D eigenvalue weighted by molar-refractivity contribution is 0.0428. The summed E-state index contributed by atoms with van der Waals surface area (Å²) in [6.07, 6.45) is 12.8. The smallest absolute Gasteiger partial charge is 0.338 e. The third kappa shape index (κ3) is 12.2. The average Bonchev–Trinajstić information content (AvgIpc) is 3.78. The first-order chi connectivity index (χ1) is 29.6. The van der Waals surface area contributed by atoms with Crippen LogP contribution in [0.5, 0.6) is 0 Å². The van der Waals surface area contributed by atoms with Gasteiger partial charge in [0, 0.05) is 16.9 Å². The summed E-state index contributed by atoms with van der Waals surface area (Å²) in [7, 11) is 0. The van der Waals surface area contributed by atoms with Gasteiger partial charge in [0.25, 0.3) is 0 Å². The van der Waals surface area contributed by atoms with Gasteiger partial charge in [-0.05, 0) is 67.0 Å². The first kappa shape index (κ1) is 47.3. The SMILES string of the molecule is CCCCC(CC)CCc1cccc(/N=N/c2c(C(C)(C)C)nn(-c3cc(-n4nc(C(C)(C)C)c(/N=N/c5cccc(C(=O)OCC(CC)CCCC)c5)c4N)ncn3)c2N)c1. The maximum atomic E-state index is 13.0. The fraction of sp³-hybridized carbons (Fsp3) is 0.521. The summed E-state index contributed by atoms with van der Waals surface area (Å²) >= 11 is 0. The Morgan fingerprint density at radius 1 is 0.677 bits per heavy atom. The quantitative estimate of drug-likeness (QED) is 0.0571. The molecule has 0 fully saturated rings. The van der Waals surface area contributed by atoms with Crippen molar-refractivity contribution in [3.05, 3.63) is 83.4 Å². The number of unbranched alkanes of at least 4 members (excludes halogenated alkanes) is 2. The number of azo groups is 2. The van der Waals surface area contributed by atoms with Crippen molar-refractivity contribution in [1.82, 2.24) is 29.5 Å². The Hall–Kier alpha value is -5.79. The van der Waals surface area contributed by atoms with Crippen LogP contribution >= 0.6 is 0 Å². The van der Waals surface area contributed by atoms with Gasteiger partial charge in [0.1, 0.15) is 6.33 Å². The molecule has 0 saturated carbocycles. The molecule has 5 aromatic rings. The van der Waals surface area contributed by atoms with Gasteiger partial charge in [-0.1, -0.05) is 132 Å². The predicted molar refractivity (Wildman–Crippen MR) is 249 cm³/mol. The first-order valence-electron chi connectivity index (χ1n) is 22.4. The van der Waals surface area contributed by atoms with Crippen molar-refractivity contribution in [2.24, 2.45) is 32.3 Å². The van der Waals surface area contributed by atoms with E-state index in [1.807, 2.05) is 32.9 Å². The van der Waals surface area contributed by atoms with Crippen molar-refractivity contribution < 1.29 is 9.53 Å². The topological polar surface area (TPSA) is 189 Å². The number of carbonyl (C=O) groups excluding carboxylic acids is 1. The number of ether oxygens (including phenoxy) is 1. The van der Waals surface area contributed by atoms with Gasteiger partial charge in [0.2, 0.25) is 0 Å². The second-order valence-electron chi connectivity index (χ2n) is 18.3. The van der Waals surface area contributed by atoms with Crippen LogP contribution in [0.3, 0.4) is 0 Å². The normalized spacial score (nSPS) is 13.3. The van der Waals surface area contributed by atoms with Gasteiger partial charge in [0.05, 0.1) is 34.9 Å². The van der Waals surface area contributed by atoms with E-state index in [9.17, 15) is 4.79 Å². The molecule has 0 radical (unpaired) electrons. The molecule has 3 heterocycles. The van der Waals surface area contributed by atoms with E-state index >= 15 is 0 Å². The molecule has 0 aliphatic heterocycles. The Bertz CT molecular complexity index is 2310. The Morgan fingerprint density at radius 2 is 1.19 bits per heavy atom. The Balaban J connectivity index is 1.42. The highest BCUT2D eigenvalue weighted by atomic mass is 16.5. The van der Waals surface area contributed by atoms with Crippen molar-refractivity contribution in [3.63, 3.8) is 0 Å². The van der Waals surface area contributed by atoms with Gasteiger partial charge in [-0.15, -0.1) is 10.2 Å². The summed E-state index contributed by atoms with van der Waals surface area (Å²) in [5.41, 5.74) is 17.7. The second-order valence-corrected chi connectivity index (χ2v) is 18.3. The average molecular weight is 845 g/mol. The van der Waals surface area contributed by atoms with Crippen LogP contribution in [0.1, 0.15) is 154 Å². The van der Waals surface area contributed by atoms with Crippen molar-refractivity contribution >= 4 is 40.4 Å². The van der Waals surface area contributed by atoms with Crippen LogP contribution < -0.4 is 11.5 Å². The number of rotatable bonds is 20. The molecule has 0 bridgehead atoms. The lowest BCUT2D eigenvalue weighted by Crippen LogP contribution is -2.14. The molecule has 0 saturated heterocycles. The van der Waals surface area contributed by atoms with Crippen LogP contribution in [0.25, 0.3) is 11.6 Å². The van der Waals surface area contributed by atoms with Crippen LogP contribution in [-0.4, -0.2) is 42.1 Å². The van der Waals surface area contributed by atoms with E-state index in [0.29, 0.717) is 58.2 Å². The summed E-state index contributed by atoms with van der Waals surface area (Å²) < 4.78 is 8.75. The molecule has 4 N–H and O–H groups in total. The molecule has 0 aliphatic carbocycles. The van der Waals surface area contributed by atoms with Crippen molar-refractivity contribution in [2.75, 3.05) is 18.1 Å². The number of aryl methyl sites for hydroxylation is 1. The zero-order valence-electron chi connectivity index (χ0n) is 38.6. The summed E-state index contributed by atoms with van der Waals surface area (Å²) in [6, 6.07) is 16.9. The molecule has 62 heavy (non-hydrogen) atoms. The number of nitrogen functional groups attached to an aromatic ring is 2. The molecule has 0 spiro atoms. The fourth-order valence-corrected chi connectivity index (χ4v) is 7.25. The molecule has 2 atom stereocenters. The largest absolute Gasteiger partial charge is 0.462 e. The number of aromatic nitrogens is 6. The number of nitrogens with zero attached hydrogens (tertiary/aromatic N) is 10. The zero-order chi connectivity index (χ0) is 45.0. The van der Waals surface area contributed by atoms with Crippen LogP contribution in [-0.2, 0) is 22.0 Å². The van der Waals surface area contributed by atoms with E-state index in [1.54, 1.807) is 35.0 Å². The molecule has 0 aliphatic rings. The number of nitrogens with two attached hydrogens (primary N) is 2. The third-order valence-electron chi connectivity index (χ3n) is 11.2. The van der Waals surface area contributed by atoms with Crippen LogP contribution in [0, 0.1) is 11.8 Å². The van der Waals surface area contributed by atoms with E-state index < -0.39 is 10.8 Å². The number of anilines is 2. The van der Waals surface area contributed by atoms with E-state index in [0.717, 1.165) is 50.1 Å². The molecule has 3 aromatic heterocycles. The monoisotopic (exact) mass is 845 g/mol. The lowest BCUT2D eigenvalue weighted by Gasteiger charge is -2.15. The predicted octanol–water partition coefficient (Wildman–Crippen LogP) is 13.0. The highest BCUT2D eigenvalue weighted by Gasteiger charge is 2.29. The zero-order valence-corrected chi connectivity index (χ0v) is 38.6. The molecular formula is C48H68N12O2. The van der Waals surface area contributed by atoms with Crippen molar-refractivity contribution in [2.45, 2.75) is 144 Å². The molecule has 2 unspecified atom stereocenters. The molecule has 332 valence electrons. The summed E-state index contributed by atoms with van der Waals surface area (Å²) in [4.78, 5) is 22.1. The maximum absolute atomic E-state index is 13.0. The molecule has 14 heteroatoms. The molecular weight excluding hydrogens is 777 g/mol. The van der Waals surface area contributed by atoms with E-state index in [4.69, 9.17) is 31.5 Å². The minimum Gasteiger partial charge on any atom is -0.462 e. The highest BCUT2D eigenvalue weighted by molar-refractivity contribution is 5.90. The maximum Gasteiger partial charge on any atom is 0.338 e. The molecule has 5 rings (SSSR count). The summed E-state index contributed by atoms with van der Waals surface area (Å²) in [5.74, 6) is 1.96. The van der Waals surface area contributed by atoms with Crippen molar-refractivity contribution in [1.29, 1.82) is 0 Å². The number of hydrogen-bond acceptors (Lipinski definition) is 12. The number of esters is 1. The summed E-state index contributed by atoms with van der Waals surface area (Å²) in [5, 5.41) is 28.2. The van der Waals surface area contributed by atoms with E-state index in [2.05, 4.69) is 85.9 Å².